The number of ether oxygens (including phenoxy) is 1. The average molecular weight is 228 g/mol. The predicted molar refractivity (Wildman–Crippen MR) is 68.4 cm³/mol. The van der Waals surface area contributed by atoms with E-state index in [1.165, 1.54) is 0 Å². The Morgan fingerprint density at radius 2 is 1.88 bits per heavy atom. The third kappa shape index (κ3) is 8.75. The van der Waals surface area contributed by atoms with Gasteiger partial charge in [0.1, 0.15) is 6.10 Å². The number of esters is 1. The molecule has 0 aromatic rings. The van der Waals surface area contributed by atoms with Crippen LogP contribution >= 0.6 is 0 Å². The molecule has 0 bridgehead atoms. The fraction of sp³-hybridized carbons (Fsp3) is 0.929. The van der Waals surface area contributed by atoms with Crippen LogP contribution in [0.15, 0.2) is 0 Å². The molecule has 0 amide bonds. The summed E-state index contributed by atoms with van der Waals surface area (Å²) in [7, 11) is 0. The molecule has 0 saturated heterocycles. The summed E-state index contributed by atoms with van der Waals surface area (Å²) in [6.45, 7) is 10.8. The highest BCUT2D eigenvalue weighted by molar-refractivity contribution is 5.69. The maximum atomic E-state index is 11.6. The van der Waals surface area contributed by atoms with Gasteiger partial charge in [-0.15, -0.1) is 0 Å². The molecule has 2 nitrogen and oxygen atoms in total. The number of carbonyl (C=O) groups excluding carboxylic acids is 1. The minimum absolute atomic E-state index is 0.0236. The van der Waals surface area contributed by atoms with Crippen molar-refractivity contribution in [2.24, 2.45) is 5.41 Å². The van der Waals surface area contributed by atoms with Crippen LogP contribution in [0.25, 0.3) is 0 Å². The van der Waals surface area contributed by atoms with Crippen LogP contribution in [0.2, 0.25) is 0 Å². The van der Waals surface area contributed by atoms with E-state index in [0.29, 0.717) is 11.8 Å². The third-order valence-electron chi connectivity index (χ3n) is 2.67. The van der Waals surface area contributed by atoms with Crippen molar-refractivity contribution < 1.29 is 9.53 Å². The van der Waals surface area contributed by atoms with Crippen molar-refractivity contribution in [1.82, 2.24) is 0 Å². The van der Waals surface area contributed by atoms with Crippen molar-refractivity contribution in [2.45, 2.75) is 79.2 Å². The maximum absolute atomic E-state index is 11.6. The van der Waals surface area contributed by atoms with Crippen molar-refractivity contribution in [1.29, 1.82) is 0 Å². The van der Waals surface area contributed by atoms with Crippen molar-refractivity contribution in [3.63, 3.8) is 0 Å². The average Bonchev–Trinajstić information content (AvgIpc) is 2.15. The molecule has 1 atom stereocenters. The van der Waals surface area contributed by atoms with Crippen molar-refractivity contribution in [3.8, 4) is 0 Å². The van der Waals surface area contributed by atoms with Gasteiger partial charge in [0.25, 0.3) is 0 Å². The van der Waals surface area contributed by atoms with Crippen LogP contribution in [0, 0.1) is 5.41 Å². The fourth-order valence-corrected chi connectivity index (χ4v) is 1.68. The Morgan fingerprint density at radius 1 is 1.25 bits per heavy atom. The van der Waals surface area contributed by atoms with E-state index in [9.17, 15) is 4.79 Å². The number of hydrogen-bond acceptors (Lipinski definition) is 2. The van der Waals surface area contributed by atoms with Crippen LogP contribution in [0.3, 0.4) is 0 Å². The molecule has 1 unspecified atom stereocenters. The Balaban J connectivity index is 3.72. The zero-order chi connectivity index (χ0) is 12.6. The number of rotatable bonds is 7. The summed E-state index contributed by atoms with van der Waals surface area (Å²) in [4.78, 5) is 11.6. The van der Waals surface area contributed by atoms with E-state index < -0.39 is 0 Å². The molecule has 0 N–H and O–H groups in total. The quantitative estimate of drug-likeness (QED) is 0.606. The van der Waals surface area contributed by atoms with E-state index in [2.05, 4.69) is 34.6 Å². The van der Waals surface area contributed by atoms with Crippen LogP contribution < -0.4 is 0 Å². The lowest BCUT2D eigenvalue weighted by Gasteiger charge is -2.18. The SMILES string of the molecule is CCCC(CC)OC(=O)CCCC(C)(C)C. The molecule has 0 aromatic carbocycles. The van der Waals surface area contributed by atoms with Gasteiger partial charge in [0.05, 0.1) is 0 Å². The zero-order valence-corrected chi connectivity index (χ0v) is 11.6. The molecule has 0 aliphatic rings. The molecule has 0 rings (SSSR count). The van der Waals surface area contributed by atoms with Crippen LogP contribution in [0.1, 0.15) is 73.1 Å². The number of carbonyl (C=O) groups is 1. The molecule has 2 heteroatoms. The van der Waals surface area contributed by atoms with Crippen LogP contribution in [-0.4, -0.2) is 12.1 Å². The summed E-state index contributed by atoms with van der Waals surface area (Å²) in [6, 6.07) is 0. The highest BCUT2D eigenvalue weighted by atomic mass is 16.5. The van der Waals surface area contributed by atoms with Gasteiger partial charge in [0.15, 0.2) is 0 Å². The monoisotopic (exact) mass is 228 g/mol. The van der Waals surface area contributed by atoms with Gasteiger partial charge in [-0.1, -0.05) is 41.0 Å². The third-order valence-corrected chi connectivity index (χ3v) is 2.67. The Kier molecular flexibility index (Phi) is 7.44. The molecule has 0 aliphatic heterocycles. The zero-order valence-electron chi connectivity index (χ0n) is 11.6. The van der Waals surface area contributed by atoms with Gasteiger partial charge in [-0.05, 0) is 31.1 Å². The fourth-order valence-electron chi connectivity index (χ4n) is 1.68. The summed E-state index contributed by atoms with van der Waals surface area (Å²) in [5.74, 6) is -0.0236. The number of hydrogen-bond donors (Lipinski definition) is 0. The molecule has 0 spiro atoms. The largest absolute Gasteiger partial charge is 0.462 e. The second-order valence-corrected chi connectivity index (χ2v) is 5.72. The molecule has 0 heterocycles. The van der Waals surface area contributed by atoms with Crippen molar-refractivity contribution >= 4 is 5.97 Å². The second-order valence-electron chi connectivity index (χ2n) is 5.72. The van der Waals surface area contributed by atoms with Crippen molar-refractivity contribution in [2.75, 3.05) is 0 Å². The Bertz CT molecular complexity index is 191. The van der Waals surface area contributed by atoms with Crippen molar-refractivity contribution in [3.05, 3.63) is 0 Å². The summed E-state index contributed by atoms with van der Waals surface area (Å²) < 4.78 is 5.42. The molecule has 0 fully saturated rings. The van der Waals surface area contributed by atoms with Gasteiger partial charge in [-0.2, -0.15) is 0 Å². The maximum Gasteiger partial charge on any atom is 0.306 e. The first-order chi connectivity index (χ1) is 7.39. The van der Waals surface area contributed by atoms with E-state index in [-0.39, 0.29) is 12.1 Å². The van der Waals surface area contributed by atoms with Gasteiger partial charge in [0, 0.05) is 6.42 Å². The molecule has 0 radical (unpaired) electrons. The predicted octanol–water partition coefficient (Wildman–Crippen LogP) is 4.32. The minimum Gasteiger partial charge on any atom is -0.462 e. The standard InChI is InChI=1S/C14H28O2/c1-6-9-12(7-2)16-13(15)10-8-11-14(3,4)5/h12H,6-11H2,1-5H3. The van der Waals surface area contributed by atoms with Gasteiger partial charge in [-0.3, -0.25) is 4.79 Å². The second kappa shape index (κ2) is 7.70. The Morgan fingerprint density at radius 3 is 2.31 bits per heavy atom. The van der Waals surface area contributed by atoms with Gasteiger partial charge >= 0.3 is 5.97 Å². The molecule has 0 saturated carbocycles. The minimum atomic E-state index is -0.0236. The lowest BCUT2D eigenvalue weighted by Crippen LogP contribution is -2.17. The topological polar surface area (TPSA) is 26.3 Å². The Hall–Kier alpha value is -0.530. The summed E-state index contributed by atoms with van der Waals surface area (Å²) >= 11 is 0. The van der Waals surface area contributed by atoms with E-state index in [1.54, 1.807) is 0 Å². The highest BCUT2D eigenvalue weighted by Gasteiger charge is 2.14. The molecular weight excluding hydrogens is 200 g/mol. The lowest BCUT2D eigenvalue weighted by atomic mass is 9.90. The van der Waals surface area contributed by atoms with Gasteiger partial charge in [-0.25, -0.2) is 0 Å². The van der Waals surface area contributed by atoms with Crippen LogP contribution in [0.4, 0.5) is 0 Å². The van der Waals surface area contributed by atoms with E-state index in [0.717, 1.165) is 32.1 Å². The van der Waals surface area contributed by atoms with Crippen LogP contribution in [-0.2, 0) is 9.53 Å². The summed E-state index contributed by atoms with van der Waals surface area (Å²) in [6.07, 6.45) is 5.70. The smallest absolute Gasteiger partial charge is 0.306 e. The molecule has 96 valence electrons. The van der Waals surface area contributed by atoms with Gasteiger partial charge in [0.2, 0.25) is 0 Å². The Labute approximate surface area is 101 Å². The normalized spacial score (nSPS) is 13.6. The molecule has 0 aliphatic carbocycles. The molecule has 16 heavy (non-hydrogen) atoms. The lowest BCUT2D eigenvalue weighted by molar-refractivity contribution is -0.149. The summed E-state index contributed by atoms with van der Waals surface area (Å²) in [5.41, 5.74) is 0.313. The first kappa shape index (κ1) is 15.5. The first-order valence-electron chi connectivity index (χ1n) is 6.58. The van der Waals surface area contributed by atoms with E-state index in [1.807, 2.05) is 0 Å². The molecule has 0 aromatic heterocycles. The summed E-state index contributed by atoms with van der Waals surface area (Å²) in [5, 5.41) is 0. The van der Waals surface area contributed by atoms with Crippen LogP contribution in [0.5, 0.6) is 0 Å². The van der Waals surface area contributed by atoms with Gasteiger partial charge < -0.3 is 4.74 Å². The highest BCUT2D eigenvalue weighted by Crippen LogP contribution is 2.21. The molecular formula is C14H28O2. The van der Waals surface area contributed by atoms with E-state index >= 15 is 0 Å². The van der Waals surface area contributed by atoms with E-state index in [4.69, 9.17) is 4.74 Å². The first-order valence-corrected chi connectivity index (χ1v) is 6.58.